The van der Waals surface area contributed by atoms with Gasteiger partial charge in [0.1, 0.15) is 5.67 Å². The molecule has 0 aliphatic heterocycles. The zero-order valence-corrected chi connectivity index (χ0v) is 9.76. The summed E-state index contributed by atoms with van der Waals surface area (Å²) in [6.07, 6.45) is 0.411. The van der Waals surface area contributed by atoms with E-state index >= 15 is 0 Å². The number of nitrogens with two attached hydrogens (primary N) is 1. The van der Waals surface area contributed by atoms with Gasteiger partial charge in [0.05, 0.1) is 0 Å². The van der Waals surface area contributed by atoms with Crippen molar-refractivity contribution in [2.24, 2.45) is 11.7 Å². The number of hydrogen-bond acceptors (Lipinski definition) is 1. The molecule has 1 rings (SSSR count). The van der Waals surface area contributed by atoms with Crippen LogP contribution in [0.1, 0.15) is 25.0 Å². The molecule has 1 aromatic rings. The fourth-order valence-electron chi connectivity index (χ4n) is 1.64. The smallest absolute Gasteiger partial charge is 0.129 e. The molecule has 1 nitrogen and oxygen atoms in total. The van der Waals surface area contributed by atoms with Crippen LogP contribution in [0.15, 0.2) is 24.3 Å². The summed E-state index contributed by atoms with van der Waals surface area (Å²) in [5.41, 5.74) is 6.43. The van der Waals surface area contributed by atoms with Crippen LogP contribution in [0.2, 0.25) is 0 Å². The maximum atomic E-state index is 14.4. The van der Waals surface area contributed by atoms with Crippen LogP contribution in [-0.4, -0.2) is 12.2 Å². The molecule has 2 N–H and O–H groups in total. The van der Waals surface area contributed by atoms with Crippen LogP contribution in [0.5, 0.6) is 0 Å². The van der Waals surface area contributed by atoms with Gasteiger partial charge in [0.25, 0.3) is 0 Å². The number of benzene rings is 1. The quantitative estimate of drug-likeness (QED) is 0.810. The van der Waals surface area contributed by atoms with E-state index in [1.807, 2.05) is 45.0 Å². The lowest BCUT2D eigenvalue weighted by Crippen LogP contribution is -2.40. The second-order valence-corrected chi connectivity index (χ2v) is 4.50. The zero-order valence-electron chi connectivity index (χ0n) is 9.76. The van der Waals surface area contributed by atoms with Crippen molar-refractivity contribution < 1.29 is 4.39 Å². The minimum absolute atomic E-state index is 0.0536. The van der Waals surface area contributed by atoms with E-state index in [1.54, 1.807) is 0 Å². The average molecular weight is 209 g/mol. The van der Waals surface area contributed by atoms with Gasteiger partial charge < -0.3 is 5.73 Å². The summed E-state index contributed by atoms with van der Waals surface area (Å²) in [4.78, 5) is 0. The van der Waals surface area contributed by atoms with Gasteiger partial charge in [-0.05, 0) is 24.0 Å². The predicted octanol–water partition coefficient (Wildman–Crippen LogP) is 2.86. The number of aryl methyl sites for hydroxylation is 1. The SMILES string of the molecule is Cc1ccccc1CC(F)(CN)C(C)C. The Morgan fingerprint density at radius 2 is 1.93 bits per heavy atom. The number of alkyl halides is 1. The molecule has 0 aliphatic rings. The Morgan fingerprint density at radius 1 is 1.33 bits per heavy atom. The monoisotopic (exact) mass is 209 g/mol. The predicted molar refractivity (Wildman–Crippen MR) is 62.6 cm³/mol. The first kappa shape index (κ1) is 12.2. The van der Waals surface area contributed by atoms with Crippen molar-refractivity contribution in [2.75, 3.05) is 6.54 Å². The van der Waals surface area contributed by atoms with E-state index in [0.29, 0.717) is 6.42 Å². The molecule has 1 atom stereocenters. The molecule has 15 heavy (non-hydrogen) atoms. The molecular weight excluding hydrogens is 189 g/mol. The van der Waals surface area contributed by atoms with E-state index < -0.39 is 5.67 Å². The van der Waals surface area contributed by atoms with Crippen LogP contribution < -0.4 is 5.73 Å². The van der Waals surface area contributed by atoms with Crippen LogP contribution in [0, 0.1) is 12.8 Å². The lowest BCUT2D eigenvalue weighted by atomic mass is 9.85. The lowest BCUT2D eigenvalue weighted by Gasteiger charge is -2.28. The number of halogens is 1. The Bertz CT molecular complexity index is 322. The molecule has 0 bridgehead atoms. The van der Waals surface area contributed by atoms with Gasteiger partial charge >= 0.3 is 0 Å². The van der Waals surface area contributed by atoms with Gasteiger partial charge in [0.15, 0.2) is 0 Å². The van der Waals surface area contributed by atoms with Gasteiger partial charge in [-0.2, -0.15) is 0 Å². The first-order valence-electron chi connectivity index (χ1n) is 5.43. The molecule has 0 heterocycles. The minimum Gasteiger partial charge on any atom is -0.328 e. The summed E-state index contributed by atoms with van der Waals surface area (Å²) in [7, 11) is 0. The van der Waals surface area contributed by atoms with Crippen LogP contribution in [0.4, 0.5) is 4.39 Å². The average Bonchev–Trinajstić information content (AvgIpc) is 2.21. The van der Waals surface area contributed by atoms with Crippen LogP contribution >= 0.6 is 0 Å². The highest BCUT2D eigenvalue weighted by molar-refractivity contribution is 5.27. The molecule has 0 saturated heterocycles. The van der Waals surface area contributed by atoms with Crippen molar-refractivity contribution >= 4 is 0 Å². The van der Waals surface area contributed by atoms with Crippen molar-refractivity contribution in [3.8, 4) is 0 Å². The number of rotatable bonds is 4. The Kier molecular flexibility index (Phi) is 3.86. The van der Waals surface area contributed by atoms with Crippen molar-refractivity contribution in [1.29, 1.82) is 0 Å². The molecule has 0 radical (unpaired) electrons. The normalized spacial score (nSPS) is 15.3. The van der Waals surface area contributed by atoms with Crippen LogP contribution in [0.25, 0.3) is 0 Å². The van der Waals surface area contributed by atoms with Gasteiger partial charge in [-0.25, -0.2) is 4.39 Å². The van der Waals surface area contributed by atoms with E-state index in [-0.39, 0.29) is 12.5 Å². The van der Waals surface area contributed by atoms with Gasteiger partial charge in [-0.1, -0.05) is 38.1 Å². The summed E-state index contributed by atoms with van der Waals surface area (Å²) in [5, 5.41) is 0. The molecule has 0 fully saturated rings. The highest BCUT2D eigenvalue weighted by atomic mass is 19.1. The van der Waals surface area contributed by atoms with Crippen molar-refractivity contribution in [3.63, 3.8) is 0 Å². The summed E-state index contributed by atoms with van der Waals surface area (Å²) in [6.45, 7) is 5.85. The molecule has 0 amide bonds. The third kappa shape index (κ3) is 2.78. The molecule has 2 heteroatoms. The second kappa shape index (κ2) is 4.75. The third-order valence-corrected chi connectivity index (χ3v) is 3.12. The molecule has 1 aromatic carbocycles. The Hall–Kier alpha value is -0.890. The fraction of sp³-hybridized carbons (Fsp3) is 0.538. The first-order valence-corrected chi connectivity index (χ1v) is 5.43. The Morgan fingerprint density at radius 3 is 2.40 bits per heavy atom. The van der Waals surface area contributed by atoms with E-state index in [2.05, 4.69) is 0 Å². The summed E-state index contributed by atoms with van der Waals surface area (Å²) in [5.74, 6) is -0.0536. The van der Waals surface area contributed by atoms with E-state index in [9.17, 15) is 4.39 Å². The molecule has 84 valence electrons. The maximum Gasteiger partial charge on any atom is 0.129 e. The highest BCUT2D eigenvalue weighted by Gasteiger charge is 2.32. The topological polar surface area (TPSA) is 26.0 Å². The van der Waals surface area contributed by atoms with Crippen molar-refractivity contribution in [2.45, 2.75) is 32.9 Å². The van der Waals surface area contributed by atoms with Gasteiger partial charge in [0.2, 0.25) is 0 Å². The molecule has 0 saturated carbocycles. The fourth-order valence-corrected chi connectivity index (χ4v) is 1.64. The summed E-state index contributed by atoms with van der Waals surface area (Å²) in [6, 6.07) is 7.89. The molecule has 1 unspecified atom stereocenters. The summed E-state index contributed by atoms with van der Waals surface area (Å²) < 4.78 is 14.4. The van der Waals surface area contributed by atoms with Crippen molar-refractivity contribution in [3.05, 3.63) is 35.4 Å². The Balaban J connectivity index is 2.89. The van der Waals surface area contributed by atoms with E-state index in [0.717, 1.165) is 11.1 Å². The third-order valence-electron chi connectivity index (χ3n) is 3.12. The molecule has 0 aromatic heterocycles. The van der Waals surface area contributed by atoms with Gasteiger partial charge in [-0.15, -0.1) is 0 Å². The van der Waals surface area contributed by atoms with Crippen molar-refractivity contribution in [1.82, 2.24) is 0 Å². The van der Waals surface area contributed by atoms with Gasteiger partial charge in [0, 0.05) is 13.0 Å². The zero-order chi connectivity index (χ0) is 11.5. The molecular formula is C13H20FN. The highest BCUT2D eigenvalue weighted by Crippen LogP contribution is 2.26. The second-order valence-electron chi connectivity index (χ2n) is 4.50. The lowest BCUT2D eigenvalue weighted by molar-refractivity contribution is 0.110. The van der Waals surface area contributed by atoms with Crippen LogP contribution in [-0.2, 0) is 6.42 Å². The standard InChI is InChI=1S/C13H20FN/c1-10(2)13(14,9-15)8-12-7-5-4-6-11(12)3/h4-7,10H,8-9,15H2,1-3H3. The first-order chi connectivity index (χ1) is 6.99. The van der Waals surface area contributed by atoms with E-state index in [4.69, 9.17) is 5.73 Å². The minimum atomic E-state index is -1.29. The maximum absolute atomic E-state index is 14.4. The van der Waals surface area contributed by atoms with Gasteiger partial charge in [-0.3, -0.25) is 0 Å². The number of hydrogen-bond donors (Lipinski definition) is 1. The Labute approximate surface area is 91.5 Å². The van der Waals surface area contributed by atoms with E-state index in [1.165, 1.54) is 0 Å². The molecule has 0 aliphatic carbocycles. The molecule has 0 spiro atoms. The largest absolute Gasteiger partial charge is 0.328 e. The summed E-state index contributed by atoms with van der Waals surface area (Å²) >= 11 is 0. The van der Waals surface area contributed by atoms with Crippen LogP contribution in [0.3, 0.4) is 0 Å².